The van der Waals surface area contributed by atoms with E-state index in [4.69, 9.17) is 24.7 Å². The van der Waals surface area contributed by atoms with E-state index in [1.54, 1.807) is 36.4 Å². The molecule has 1 saturated heterocycles. The molecular weight excluding hydrogens is 819 g/mol. The third-order valence-corrected chi connectivity index (χ3v) is 13.8. The van der Waals surface area contributed by atoms with Gasteiger partial charge in [0, 0.05) is 35.4 Å². The van der Waals surface area contributed by atoms with Crippen molar-refractivity contribution in [2.75, 3.05) is 25.1 Å². The summed E-state index contributed by atoms with van der Waals surface area (Å²) >= 11 is 0. The molecule has 4 aliphatic carbocycles. The minimum absolute atomic E-state index is 0.00368. The zero-order valence-electron chi connectivity index (χ0n) is 36.3. The number of allylic oxidation sites excluding steroid dienone is 4. The van der Waals surface area contributed by atoms with E-state index in [0.29, 0.717) is 49.9 Å². The van der Waals surface area contributed by atoms with Gasteiger partial charge in [-0.3, -0.25) is 19.2 Å². The van der Waals surface area contributed by atoms with Crippen LogP contribution in [0.25, 0.3) is 0 Å². The molecule has 6 rings (SSSR count). The first-order chi connectivity index (χ1) is 29.9. The van der Waals surface area contributed by atoms with Crippen LogP contribution in [0.15, 0.2) is 48.1 Å². The lowest BCUT2D eigenvalue weighted by Crippen LogP contribution is -2.63. The van der Waals surface area contributed by atoms with Crippen LogP contribution in [-0.2, 0) is 49.5 Å². The second-order valence-corrected chi connectivity index (χ2v) is 17.9. The maximum Gasteiger partial charge on any atom is 0.408 e. The van der Waals surface area contributed by atoms with Crippen molar-refractivity contribution >= 4 is 47.2 Å². The van der Waals surface area contributed by atoms with Crippen molar-refractivity contribution in [2.24, 2.45) is 34.3 Å². The van der Waals surface area contributed by atoms with Crippen molar-refractivity contribution in [2.45, 2.75) is 128 Å². The highest BCUT2D eigenvalue weighted by Crippen LogP contribution is 2.69. The number of esters is 1. The minimum atomic E-state index is -1.51. The second kappa shape index (κ2) is 19.7. The van der Waals surface area contributed by atoms with Gasteiger partial charge in [-0.2, -0.15) is 0 Å². The Hall–Kier alpha value is -5.17. The average molecular weight is 880 g/mol. The number of hydrogen-bond donors (Lipinski definition) is 7. The summed E-state index contributed by atoms with van der Waals surface area (Å²) in [5.74, 6) is -2.86. The molecular formula is C45H61N5O13. The summed E-state index contributed by atoms with van der Waals surface area (Å²) in [7, 11) is 0. The summed E-state index contributed by atoms with van der Waals surface area (Å²) < 4.78 is 23.8. The van der Waals surface area contributed by atoms with Gasteiger partial charge in [0.25, 0.3) is 0 Å². The van der Waals surface area contributed by atoms with Gasteiger partial charge in [-0.25, -0.2) is 14.4 Å². The van der Waals surface area contributed by atoms with Gasteiger partial charge in [-0.1, -0.05) is 51.0 Å². The van der Waals surface area contributed by atoms with Gasteiger partial charge in [0.15, 0.2) is 24.3 Å². The number of ether oxygens (including phenoxy) is 4. The molecule has 5 aliphatic rings. The molecule has 0 spiro atoms. The molecule has 1 aromatic rings. The monoisotopic (exact) mass is 879 g/mol. The number of aliphatic hydroxyl groups is 2. The fourth-order valence-electron chi connectivity index (χ4n) is 10.8. The molecule has 1 aliphatic heterocycles. The van der Waals surface area contributed by atoms with E-state index in [2.05, 4.69) is 28.2 Å². The molecule has 18 nitrogen and oxygen atoms in total. The summed E-state index contributed by atoms with van der Waals surface area (Å²) in [6, 6.07) is 3.11. The molecule has 0 radical (unpaired) electrons. The summed E-state index contributed by atoms with van der Waals surface area (Å²) in [4.78, 5) is 88.6. The molecule has 344 valence electrons. The third kappa shape index (κ3) is 9.83. The van der Waals surface area contributed by atoms with Crippen molar-refractivity contribution in [1.29, 1.82) is 0 Å². The molecule has 4 fully saturated rings. The van der Waals surface area contributed by atoms with Crippen molar-refractivity contribution in [3.8, 4) is 0 Å². The maximum absolute atomic E-state index is 14.5. The number of unbranched alkanes of at least 4 members (excludes halogenated alkanes) is 1. The normalized spacial score (nSPS) is 31.1. The van der Waals surface area contributed by atoms with E-state index in [0.717, 1.165) is 18.4 Å². The molecule has 1 heterocycles. The van der Waals surface area contributed by atoms with Gasteiger partial charge in [0.05, 0.1) is 18.8 Å². The van der Waals surface area contributed by atoms with Crippen LogP contribution in [0.5, 0.6) is 0 Å². The largest absolute Gasteiger partial charge is 0.456 e. The minimum Gasteiger partial charge on any atom is -0.456 e. The first kappa shape index (κ1) is 47.3. The van der Waals surface area contributed by atoms with Gasteiger partial charge in [-0.15, -0.1) is 0 Å². The van der Waals surface area contributed by atoms with Crippen LogP contribution in [0.1, 0.15) is 91.0 Å². The molecule has 11 atom stereocenters. The van der Waals surface area contributed by atoms with Crippen LogP contribution in [-0.4, -0.2) is 108 Å². The Kier molecular flexibility index (Phi) is 14.8. The number of Topliss-reactive ketones (excluding diaryl/α,β-unsaturated/α-hetero) is 1. The number of alkyl carbamates (subject to hydrolysis) is 1. The zero-order valence-corrected chi connectivity index (χ0v) is 36.3. The highest BCUT2D eigenvalue weighted by atomic mass is 16.7. The Morgan fingerprint density at radius 3 is 2.49 bits per heavy atom. The van der Waals surface area contributed by atoms with E-state index in [-0.39, 0.29) is 48.9 Å². The Morgan fingerprint density at radius 2 is 1.79 bits per heavy atom. The smallest absolute Gasteiger partial charge is 0.408 e. The number of benzene rings is 1. The fraction of sp³-hybridized carbons (Fsp3) is 0.622. The number of hydrogen-bond acceptors (Lipinski definition) is 13. The highest BCUT2D eigenvalue weighted by molar-refractivity contribution is 6.01. The van der Waals surface area contributed by atoms with Crippen molar-refractivity contribution < 1.29 is 62.7 Å². The lowest BCUT2D eigenvalue weighted by molar-refractivity contribution is -0.201. The van der Waals surface area contributed by atoms with Crippen molar-refractivity contribution in [3.63, 3.8) is 0 Å². The van der Waals surface area contributed by atoms with E-state index in [1.165, 1.54) is 6.92 Å². The lowest BCUT2D eigenvalue weighted by atomic mass is 9.46. The van der Waals surface area contributed by atoms with Gasteiger partial charge in [-0.05, 0) is 93.6 Å². The van der Waals surface area contributed by atoms with Gasteiger partial charge in [0.2, 0.25) is 17.6 Å². The number of anilines is 1. The first-order valence-corrected chi connectivity index (χ1v) is 21.9. The van der Waals surface area contributed by atoms with Crippen molar-refractivity contribution in [3.05, 3.63) is 53.6 Å². The Bertz CT molecular complexity index is 1990. The first-order valence-electron chi connectivity index (χ1n) is 21.9. The predicted octanol–water partition coefficient (Wildman–Crippen LogP) is 2.84. The number of carbonyl (C=O) groups excluding carboxylic acids is 7. The Morgan fingerprint density at radius 1 is 1.05 bits per heavy atom. The SMILES string of the molecule is CCCC1O[C@@H]2CC3[C@H]4CCC5=CC(=O)C=C[C@]5(C)C4[C@@H](O)C[C@]3(C)[C@]2(C(=O)COC(=O)[C@H](C)NC(=O)[C@H](CO)NC(=O)OCc2ccc(NC(=O)CCCCNC(N)=O)cc2)O1. The predicted molar refractivity (Wildman–Crippen MR) is 225 cm³/mol. The van der Waals surface area contributed by atoms with E-state index < -0.39 is 90.0 Å². The molecule has 5 amide bonds. The van der Waals surface area contributed by atoms with Gasteiger partial charge >= 0.3 is 18.1 Å². The third-order valence-electron chi connectivity index (χ3n) is 13.8. The van der Waals surface area contributed by atoms with Crippen LogP contribution in [0.3, 0.4) is 0 Å². The number of nitrogens with two attached hydrogens (primary N) is 1. The fourth-order valence-corrected chi connectivity index (χ4v) is 10.8. The number of urea groups is 1. The topological polar surface area (TPSA) is 271 Å². The van der Waals surface area contributed by atoms with Crippen molar-refractivity contribution in [1.82, 2.24) is 16.0 Å². The van der Waals surface area contributed by atoms with Gasteiger partial charge in [0.1, 0.15) is 18.7 Å². The van der Waals surface area contributed by atoms with Crippen LogP contribution in [0.4, 0.5) is 15.3 Å². The quantitative estimate of drug-likeness (QED) is 0.0827. The number of fused-ring (bicyclic) bond motifs is 7. The Balaban J connectivity index is 1.00. The number of nitrogens with one attached hydrogen (secondary N) is 4. The number of primary amides is 1. The number of rotatable bonds is 18. The molecule has 8 N–H and O–H groups in total. The van der Waals surface area contributed by atoms with E-state index in [1.807, 2.05) is 19.9 Å². The average Bonchev–Trinajstić information content (AvgIpc) is 3.72. The summed E-state index contributed by atoms with van der Waals surface area (Å²) in [5, 5.41) is 31.8. The summed E-state index contributed by atoms with van der Waals surface area (Å²) in [6.07, 6.45) is 6.88. The number of ketones is 2. The number of carbonyl (C=O) groups is 7. The number of amides is 5. The van der Waals surface area contributed by atoms with Crippen LogP contribution in [0, 0.1) is 28.6 Å². The summed E-state index contributed by atoms with van der Waals surface area (Å²) in [6.45, 7) is 6.03. The molecule has 3 unspecified atom stereocenters. The van der Waals surface area contributed by atoms with E-state index in [9.17, 15) is 43.8 Å². The standard InChI is InChI=1S/C45H61N5O13/c1-5-8-37-62-35-20-31-30-15-12-27-19-29(52)16-17-43(27,3)38(30)33(53)21-44(31,4)45(35,63-37)34(54)24-60-40(57)25(2)48-39(56)32(22-51)50-42(59)61-23-26-10-13-28(14-11-26)49-36(55)9-6-7-18-47-41(46)58/h10-11,13-14,16-17,19,25,30-33,35,37-38,51,53H,5-9,12,15,18,20-24H2,1-4H3,(H,48,56)(H,49,55)(H,50,59)(H3,46,47,58)/t25-,30+,31?,32-,33-,35+,37?,38?,43-,44-,45+/m0/s1. The maximum atomic E-state index is 14.5. The molecule has 18 heteroatoms. The van der Waals surface area contributed by atoms with Crippen LogP contribution >= 0.6 is 0 Å². The molecule has 0 bridgehead atoms. The Labute approximate surface area is 366 Å². The number of aliphatic hydroxyl groups excluding tert-OH is 2. The van der Waals surface area contributed by atoms with E-state index >= 15 is 0 Å². The zero-order chi connectivity index (χ0) is 45.7. The van der Waals surface area contributed by atoms with Gasteiger partial charge < -0.3 is 56.2 Å². The highest BCUT2D eigenvalue weighted by Gasteiger charge is 2.76. The lowest BCUT2D eigenvalue weighted by Gasteiger charge is -2.59. The van der Waals surface area contributed by atoms with Crippen LogP contribution < -0.4 is 27.0 Å². The van der Waals surface area contributed by atoms with Crippen LogP contribution in [0.2, 0.25) is 0 Å². The molecule has 1 aromatic carbocycles. The second-order valence-electron chi connectivity index (χ2n) is 17.9. The molecule has 63 heavy (non-hydrogen) atoms. The molecule has 0 aromatic heterocycles. The molecule has 3 saturated carbocycles. The summed E-state index contributed by atoms with van der Waals surface area (Å²) in [5.41, 5.74) is 4.23.